The van der Waals surface area contributed by atoms with Crippen LogP contribution < -0.4 is 10.0 Å². The molecule has 19 heavy (non-hydrogen) atoms. The lowest BCUT2D eigenvalue weighted by molar-refractivity contribution is -0.121. The maximum absolute atomic E-state index is 12.0. The minimum Gasteiger partial charge on any atom is -0.317 e. The summed E-state index contributed by atoms with van der Waals surface area (Å²) < 4.78 is 62.3. The molecule has 2 N–H and O–H groups in total. The van der Waals surface area contributed by atoms with Gasteiger partial charge in [-0.25, -0.2) is 0 Å². The third-order valence-electron chi connectivity index (χ3n) is 2.96. The lowest BCUT2D eigenvalue weighted by atomic mass is 10.00. The molecule has 1 atom stereocenters. The van der Waals surface area contributed by atoms with Gasteiger partial charge in [-0.1, -0.05) is 6.92 Å². The maximum Gasteiger partial charge on any atom is 0.402 e. The van der Waals surface area contributed by atoms with Crippen molar-refractivity contribution in [3.63, 3.8) is 0 Å². The van der Waals surface area contributed by atoms with Gasteiger partial charge in [0, 0.05) is 13.1 Å². The molecular weight excluding hydrogens is 283 g/mol. The van der Waals surface area contributed by atoms with Crippen molar-refractivity contribution in [1.82, 2.24) is 14.3 Å². The fraction of sp³-hybridized carbons (Fsp3) is 1.00. The number of halogens is 3. The van der Waals surface area contributed by atoms with Gasteiger partial charge in [-0.05, 0) is 31.8 Å². The molecule has 9 heteroatoms. The fourth-order valence-electron chi connectivity index (χ4n) is 2.02. The van der Waals surface area contributed by atoms with Gasteiger partial charge in [0.05, 0.1) is 0 Å². The average Bonchev–Trinajstić information content (AvgIpc) is 2.34. The lowest BCUT2D eigenvalue weighted by Gasteiger charge is -2.32. The minimum atomic E-state index is -4.54. The summed E-state index contributed by atoms with van der Waals surface area (Å²) in [7, 11) is -4.04. The van der Waals surface area contributed by atoms with E-state index >= 15 is 0 Å². The van der Waals surface area contributed by atoms with Crippen molar-refractivity contribution < 1.29 is 21.6 Å². The van der Waals surface area contributed by atoms with Crippen LogP contribution in [0, 0.1) is 5.92 Å². The first kappa shape index (κ1) is 16.7. The van der Waals surface area contributed by atoms with Crippen LogP contribution in [0.15, 0.2) is 0 Å². The third kappa shape index (κ3) is 6.07. The Morgan fingerprint density at radius 3 is 2.63 bits per heavy atom. The number of hydrogen-bond donors (Lipinski definition) is 2. The molecule has 0 aromatic rings. The molecule has 1 aliphatic heterocycles. The van der Waals surface area contributed by atoms with Gasteiger partial charge < -0.3 is 5.32 Å². The van der Waals surface area contributed by atoms with E-state index in [0.717, 1.165) is 17.3 Å². The maximum atomic E-state index is 12.0. The number of hydrogen-bond acceptors (Lipinski definition) is 3. The van der Waals surface area contributed by atoms with E-state index in [-0.39, 0.29) is 19.0 Å². The van der Waals surface area contributed by atoms with Gasteiger partial charge in [-0.15, -0.1) is 0 Å². The first-order valence-electron chi connectivity index (χ1n) is 6.27. The summed E-state index contributed by atoms with van der Waals surface area (Å²) in [6.45, 7) is 2.43. The van der Waals surface area contributed by atoms with Crippen LogP contribution in [0.25, 0.3) is 0 Å². The van der Waals surface area contributed by atoms with Crippen molar-refractivity contribution in [2.24, 2.45) is 5.92 Å². The van der Waals surface area contributed by atoms with Gasteiger partial charge >= 0.3 is 6.18 Å². The number of piperidine rings is 1. The van der Waals surface area contributed by atoms with Gasteiger partial charge in [-0.3, -0.25) is 0 Å². The number of rotatable bonds is 6. The fourth-order valence-corrected chi connectivity index (χ4v) is 3.33. The van der Waals surface area contributed by atoms with Gasteiger partial charge in [-0.2, -0.15) is 30.6 Å². The molecule has 1 heterocycles. The van der Waals surface area contributed by atoms with Crippen molar-refractivity contribution in [2.45, 2.75) is 25.9 Å². The van der Waals surface area contributed by atoms with Gasteiger partial charge in [0.2, 0.25) is 0 Å². The van der Waals surface area contributed by atoms with E-state index in [1.54, 1.807) is 4.72 Å². The van der Waals surface area contributed by atoms with E-state index in [4.69, 9.17) is 0 Å². The Morgan fingerprint density at radius 2 is 2.05 bits per heavy atom. The smallest absolute Gasteiger partial charge is 0.317 e. The van der Waals surface area contributed by atoms with Crippen molar-refractivity contribution in [2.75, 3.05) is 32.7 Å². The second kappa shape index (κ2) is 6.87. The predicted octanol–water partition coefficient (Wildman–Crippen LogP) is 0.705. The second-order valence-electron chi connectivity index (χ2n) is 4.62. The van der Waals surface area contributed by atoms with E-state index in [9.17, 15) is 21.6 Å². The van der Waals surface area contributed by atoms with E-state index in [2.05, 4.69) is 5.32 Å². The average molecular weight is 303 g/mol. The summed E-state index contributed by atoms with van der Waals surface area (Å²) in [6.07, 6.45) is -2.98. The Morgan fingerprint density at radius 1 is 1.37 bits per heavy atom. The first-order chi connectivity index (χ1) is 8.74. The van der Waals surface area contributed by atoms with E-state index in [0.29, 0.717) is 13.0 Å². The van der Waals surface area contributed by atoms with Crippen LogP contribution in [0.2, 0.25) is 0 Å². The summed E-state index contributed by atoms with van der Waals surface area (Å²) in [5, 5.41) is 3.12. The van der Waals surface area contributed by atoms with Crippen LogP contribution in [-0.4, -0.2) is 51.6 Å². The normalized spacial score (nSPS) is 22.6. The van der Waals surface area contributed by atoms with Crippen molar-refractivity contribution in [3.8, 4) is 0 Å². The molecule has 0 aromatic heterocycles. The Bertz CT molecular complexity index is 373. The van der Waals surface area contributed by atoms with E-state index in [1.165, 1.54) is 0 Å². The summed E-state index contributed by atoms with van der Waals surface area (Å²) in [4.78, 5) is 0. The SMILES string of the molecule is CCNCC1CCCN(S(=O)(=O)NCC(F)(F)F)C1. The van der Waals surface area contributed by atoms with Gasteiger partial charge in [0.1, 0.15) is 6.54 Å². The number of nitrogens with one attached hydrogen (secondary N) is 2. The molecule has 0 saturated carbocycles. The Labute approximate surface area is 111 Å². The number of alkyl halides is 3. The van der Waals surface area contributed by atoms with E-state index < -0.39 is 22.9 Å². The topological polar surface area (TPSA) is 61.4 Å². The summed E-state index contributed by atoms with van der Waals surface area (Å²) in [5.41, 5.74) is 0. The van der Waals surface area contributed by atoms with Crippen LogP contribution in [0.4, 0.5) is 13.2 Å². The highest BCUT2D eigenvalue weighted by Gasteiger charge is 2.33. The third-order valence-corrected chi connectivity index (χ3v) is 4.48. The largest absolute Gasteiger partial charge is 0.402 e. The molecule has 0 bridgehead atoms. The van der Waals surface area contributed by atoms with Crippen molar-refractivity contribution in [3.05, 3.63) is 0 Å². The van der Waals surface area contributed by atoms with Crippen LogP contribution in [0.5, 0.6) is 0 Å². The molecule has 5 nitrogen and oxygen atoms in total. The molecule has 114 valence electrons. The first-order valence-corrected chi connectivity index (χ1v) is 7.71. The zero-order valence-electron chi connectivity index (χ0n) is 10.8. The quantitative estimate of drug-likeness (QED) is 0.759. The Balaban J connectivity index is 2.53. The van der Waals surface area contributed by atoms with E-state index in [1.807, 2.05) is 6.92 Å². The van der Waals surface area contributed by atoms with Crippen molar-refractivity contribution in [1.29, 1.82) is 0 Å². The van der Waals surface area contributed by atoms with Crippen LogP contribution in [0.1, 0.15) is 19.8 Å². The molecule has 0 aromatic carbocycles. The summed E-state index contributed by atoms with van der Waals surface area (Å²) >= 11 is 0. The Hall–Kier alpha value is -0.380. The monoisotopic (exact) mass is 303 g/mol. The molecule has 1 aliphatic rings. The summed E-state index contributed by atoms with van der Waals surface area (Å²) in [5.74, 6) is 0.149. The van der Waals surface area contributed by atoms with Crippen LogP contribution in [0.3, 0.4) is 0 Å². The molecule has 0 radical (unpaired) electrons. The van der Waals surface area contributed by atoms with Crippen LogP contribution in [-0.2, 0) is 10.2 Å². The highest BCUT2D eigenvalue weighted by Crippen LogP contribution is 2.19. The number of nitrogens with zero attached hydrogens (tertiary/aromatic N) is 1. The molecule has 0 spiro atoms. The lowest BCUT2D eigenvalue weighted by Crippen LogP contribution is -2.49. The minimum absolute atomic E-state index is 0.149. The van der Waals surface area contributed by atoms with Gasteiger partial charge in [0.25, 0.3) is 10.2 Å². The molecule has 1 saturated heterocycles. The predicted molar refractivity (Wildman–Crippen MR) is 65.8 cm³/mol. The molecular formula is C10H20F3N3O2S. The van der Waals surface area contributed by atoms with Crippen LogP contribution >= 0.6 is 0 Å². The zero-order chi connectivity index (χ0) is 14.5. The van der Waals surface area contributed by atoms with Crippen molar-refractivity contribution >= 4 is 10.2 Å². The standard InChI is InChI=1S/C10H20F3N3O2S/c1-2-14-6-9-4-3-5-16(7-9)19(17,18)15-8-10(11,12)13/h9,14-15H,2-8H2,1H3. The Kier molecular flexibility index (Phi) is 6.03. The molecule has 1 unspecified atom stereocenters. The van der Waals surface area contributed by atoms with Gasteiger partial charge in [0.15, 0.2) is 0 Å². The molecule has 1 fully saturated rings. The molecule has 0 amide bonds. The highest BCUT2D eigenvalue weighted by atomic mass is 32.2. The molecule has 1 rings (SSSR count). The summed E-state index contributed by atoms with van der Waals surface area (Å²) in [6, 6.07) is 0. The highest BCUT2D eigenvalue weighted by molar-refractivity contribution is 7.87. The zero-order valence-corrected chi connectivity index (χ0v) is 11.6. The second-order valence-corrected chi connectivity index (χ2v) is 6.37. The molecule has 0 aliphatic carbocycles.